The van der Waals surface area contributed by atoms with E-state index in [2.05, 4.69) is 20.1 Å². The first-order valence-electron chi connectivity index (χ1n) is 9.60. The van der Waals surface area contributed by atoms with E-state index < -0.39 is 28.0 Å². The fourth-order valence-corrected chi connectivity index (χ4v) is 4.11. The van der Waals surface area contributed by atoms with Crippen LogP contribution in [0.4, 0.5) is 0 Å². The van der Waals surface area contributed by atoms with Gasteiger partial charge in [-0.2, -0.15) is 4.72 Å². The molecule has 2 aromatic carbocycles. The number of sulfonamides is 1. The van der Waals surface area contributed by atoms with Crippen molar-refractivity contribution in [3.8, 4) is 22.8 Å². The van der Waals surface area contributed by atoms with Gasteiger partial charge in [0.2, 0.25) is 15.8 Å². The zero-order chi connectivity index (χ0) is 22.6. The highest BCUT2D eigenvalue weighted by molar-refractivity contribution is 7.89. The van der Waals surface area contributed by atoms with E-state index in [4.69, 9.17) is 4.74 Å². The predicted octanol–water partition coefficient (Wildman–Crippen LogP) is 2.12. The number of nitrogens with one attached hydrogen (secondary N) is 1. The van der Waals surface area contributed by atoms with Crippen LogP contribution in [0.25, 0.3) is 17.1 Å². The highest BCUT2D eigenvalue weighted by Gasteiger charge is 2.28. The van der Waals surface area contributed by atoms with Gasteiger partial charge in [0.15, 0.2) is 0 Å². The molecule has 3 aromatic rings. The summed E-state index contributed by atoms with van der Waals surface area (Å²) in [5, 5.41) is 21.6. The zero-order valence-electron chi connectivity index (χ0n) is 17.3. The summed E-state index contributed by atoms with van der Waals surface area (Å²) < 4.78 is 32.7. The van der Waals surface area contributed by atoms with Gasteiger partial charge in [-0.1, -0.05) is 13.8 Å². The Labute approximate surface area is 179 Å². The number of aliphatic carboxylic acids is 1. The Morgan fingerprint density at radius 1 is 1.13 bits per heavy atom. The number of benzene rings is 2. The average molecular weight is 446 g/mol. The van der Waals surface area contributed by atoms with Gasteiger partial charge in [-0.25, -0.2) is 8.42 Å². The molecule has 0 aliphatic rings. The number of hydrogen-bond acceptors (Lipinski definition) is 7. The van der Waals surface area contributed by atoms with Crippen molar-refractivity contribution >= 4 is 16.0 Å². The topological polar surface area (TPSA) is 136 Å². The molecule has 0 saturated carbocycles. The Morgan fingerprint density at radius 2 is 1.77 bits per heavy atom. The van der Waals surface area contributed by atoms with E-state index in [1.807, 2.05) is 6.92 Å². The summed E-state index contributed by atoms with van der Waals surface area (Å²) >= 11 is 0. The van der Waals surface area contributed by atoms with Crippen LogP contribution in [-0.2, 0) is 14.8 Å². The second kappa shape index (κ2) is 9.23. The monoisotopic (exact) mass is 445 g/mol. The maximum atomic E-state index is 12.5. The van der Waals surface area contributed by atoms with Crippen LogP contribution in [0.2, 0.25) is 0 Å². The normalized spacial score (nSPS) is 12.6. The molecule has 0 aliphatic heterocycles. The number of carbonyl (C=O) groups is 1. The van der Waals surface area contributed by atoms with Crippen LogP contribution in [-0.4, -0.2) is 52.3 Å². The molecule has 10 nitrogen and oxygen atoms in total. The Morgan fingerprint density at radius 3 is 2.32 bits per heavy atom. The Bertz CT molecular complexity index is 1140. The first-order chi connectivity index (χ1) is 14.7. The van der Waals surface area contributed by atoms with E-state index in [0.29, 0.717) is 23.7 Å². The van der Waals surface area contributed by atoms with E-state index in [-0.39, 0.29) is 4.90 Å². The molecular formula is C20H23N5O5S. The van der Waals surface area contributed by atoms with Gasteiger partial charge < -0.3 is 9.84 Å². The van der Waals surface area contributed by atoms with Gasteiger partial charge in [-0.15, -0.1) is 15.0 Å². The summed E-state index contributed by atoms with van der Waals surface area (Å²) in [7, 11) is -4.00. The number of nitrogens with zero attached hydrogens (tertiary/aromatic N) is 4. The highest BCUT2D eigenvalue weighted by Crippen LogP contribution is 2.20. The molecule has 0 saturated heterocycles. The number of rotatable bonds is 9. The highest BCUT2D eigenvalue weighted by atomic mass is 32.2. The molecule has 0 fully saturated rings. The first kappa shape index (κ1) is 22.4. The molecule has 0 radical (unpaired) electrons. The summed E-state index contributed by atoms with van der Waals surface area (Å²) in [6.07, 6.45) is 0. The van der Waals surface area contributed by atoms with Gasteiger partial charge in [0, 0.05) is 5.56 Å². The lowest BCUT2D eigenvalue weighted by Gasteiger charge is -2.18. The van der Waals surface area contributed by atoms with Crippen molar-refractivity contribution in [3.63, 3.8) is 0 Å². The van der Waals surface area contributed by atoms with Crippen LogP contribution in [0.3, 0.4) is 0 Å². The molecule has 1 atom stereocenters. The first-order valence-corrected chi connectivity index (χ1v) is 11.1. The number of tetrazole rings is 1. The Balaban J connectivity index is 1.78. The molecule has 1 unspecified atom stereocenters. The summed E-state index contributed by atoms with van der Waals surface area (Å²) in [6, 6.07) is 11.8. The van der Waals surface area contributed by atoms with E-state index in [0.717, 1.165) is 5.75 Å². The quantitative estimate of drug-likeness (QED) is 0.511. The van der Waals surface area contributed by atoms with Crippen molar-refractivity contribution in [3.05, 3.63) is 48.5 Å². The van der Waals surface area contributed by atoms with Crippen LogP contribution in [0.1, 0.15) is 20.8 Å². The maximum Gasteiger partial charge on any atom is 0.322 e. The van der Waals surface area contributed by atoms with Gasteiger partial charge >= 0.3 is 5.97 Å². The molecule has 3 rings (SSSR count). The van der Waals surface area contributed by atoms with Gasteiger partial charge in [0.25, 0.3) is 0 Å². The lowest BCUT2D eigenvalue weighted by molar-refractivity contribution is -0.140. The third-order valence-electron chi connectivity index (χ3n) is 4.43. The molecule has 11 heteroatoms. The summed E-state index contributed by atoms with van der Waals surface area (Å²) in [5.41, 5.74) is 1.26. The van der Waals surface area contributed by atoms with E-state index in [1.54, 1.807) is 50.2 Å². The molecule has 1 aromatic heterocycles. The van der Waals surface area contributed by atoms with Gasteiger partial charge in [0.1, 0.15) is 11.8 Å². The molecule has 0 spiro atoms. The average Bonchev–Trinajstić information content (AvgIpc) is 3.23. The third kappa shape index (κ3) is 5.25. The van der Waals surface area contributed by atoms with Crippen LogP contribution >= 0.6 is 0 Å². The van der Waals surface area contributed by atoms with Crippen molar-refractivity contribution in [2.75, 3.05) is 6.61 Å². The number of carboxylic acids is 1. The van der Waals surface area contributed by atoms with Crippen LogP contribution < -0.4 is 9.46 Å². The second-order valence-corrected chi connectivity index (χ2v) is 8.75. The van der Waals surface area contributed by atoms with Crippen molar-refractivity contribution in [2.45, 2.75) is 31.7 Å². The lowest BCUT2D eigenvalue weighted by atomic mass is 10.1. The molecule has 2 N–H and O–H groups in total. The van der Waals surface area contributed by atoms with E-state index in [9.17, 15) is 18.3 Å². The van der Waals surface area contributed by atoms with E-state index in [1.165, 1.54) is 16.9 Å². The minimum atomic E-state index is -4.00. The van der Waals surface area contributed by atoms with Crippen LogP contribution in [0, 0.1) is 5.92 Å². The molecular weight excluding hydrogens is 422 g/mol. The maximum absolute atomic E-state index is 12.5. The van der Waals surface area contributed by atoms with Crippen molar-refractivity contribution in [1.82, 2.24) is 24.9 Å². The minimum Gasteiger partial charge on any atom is -0.494 e. The van der Waals surface area contributed by atoms with Gasteiger partial charge in [-0.3, -0.25) is 4.79 Å². The summed E-state index contributed by atoms with van der Waals surface area (Å²) in [4.78, 5) is 12.6. The molecule has 0 bridgehead atoms. The fraction of sp³-hybridized carbons (Fsp3) is 0.300. The smallest absolute Gasteiger partial charge is 0.322 e. The lowest BCUT2D eigenvalue weighted by Crippen LogP contribution is -2.44. The van der Waals surface area contributed by atoms with Crippen molar-refractivity contribution in [1.29, 1.82) is 0 Å². The SMILES string of the molecule is CCOc1ccc(-n2nnc(-c3ccc(S(=O)(=O)NC(C(=O)O)C(C)C)cc3)n2)cc1. The number of aromatic nitrogens is 4. The van der Waals surface area contributed by atoms with E-state index >= 15 is 0 Å². The van der Waals surface area contributed by atoms with Gasteiger partial charge in [-0.05, 0) is 66.6 Å². The van der Waals surface area contributed by atoms with Gasteiger partial charge in [0.05, 0.1) is 17.2 Å². The largest absolute Gasteiger partial charge is 0.494 e. The second-order valence-electron chi connectivity index (χ2n) is 7.03. The minimum absolute atomic E-state index is 0.0537. The third-order valence-corrected chi connectivity index (χ3v) is 5.89. The molecule has 164 valence electrons. The predicted molar refractivity (Wildman–Crippen MR) is 112 cm³/mol. The molecule has 0 aliphatic carbocycles. The number of carboxylic acid groups (broad SMARTS) is 1. The molecule has 0 amide bonds. The Kier molecular flexibility index (Phi) is 6.66. The van der Waals surface area contributed by atoms with Crippen molar-refractivity contribution in [2.24, 2.45) is 5.92 Å². The fourth-order valence-electron chi connectivity index (χ4n) is 2.77. The standard InChI is InChI=1S/C20H23N5O5S/c1-4-30-16-9-7-15(8-10-16)25-22-19(21-24-25)14-5-11-17(12-6-14)31(28,29)23-18(13(2)3)20(26)27/h5-13,18,23H,4H2,1-3H3,(H,26,27). The van der Waals surface area contributed by atoms with Crippen molar-refractivity contribution < 1.29 is 23.1 Å². The summed E-state index contributed by atoms with van der Waals surface area (Å²) in [6.45, 7) is 5.73. The summed E-state index contributed by atoms with van der Waals surface area (Å²) in [5.74, 6) is -0.588. The van der Waals surface area contributed by atoms with Crippen LogP contribution in [0.5, 0.6) is 5.75 Å². The molecule has 1 heterocycles. The number of ether oxygens (including phenoxy) is 1. The number of hydrogen-bond donors (Lipinski definition) is 2. The van der Waals surface area contributed by atoms with Crippen LogP contribution in [0.15, 0.2) is 53.4 Å². The zero-order valence-corrected chi connectivity index (χ0v) is 18.1. The molecule has 31 heavy (non-hydrogen) atoms. The Hall–Kier alpha value is -3.31.